The van der Waals surface area contributed by atoms with Gasteiger partial charge in [0.25, 0.3) is 5.91 Å². The van der Waals surface area contributed by atoms with E-state index in [0.29, 0.717) is 44.0 Å². The van der Waals surface area contributed by atoms with Crippen molar-refractivity contribution in [3.8, 4) is 5.75 Å². The lowest BCUT2D eigenvalue weighted by Gasteiger charge is -2.36. The Balaban J connectivity index is 1.63. The number of piperazine rings is 1. The summed E-state index contributed by atoms with van der Waals surface area (Å²) in [6.07, 6.45) is 4.78. The quantitative estimate of drug-likeness (QED) is 0.401. The van der Waals surface area contributed by atoms with Crippen LogP contribution in [0.15, 0.2) is 36.8 Å². The van der Waals surface area contributed by atoms with Crippen LogP contribution in [0.2, 0.25) is 0 Å². The monoisotopic (exact) mass is 467 g/mol. The molecule has 180 valence electrons. The number of anilines is 2. The Morgan fingerprint density at radius 2 is 1.94 bits per heavy atom. The molecule has 4 rings (SSSR count). The molecule has 3 heterocycles. The van der Waals surface area contributed by atoms with E-state index in [2.05, 4.69) is 20.2 Å². The lowest BCUT2D eigenvalue weighted by molar-refractivity contribution is -0.119. The molecule has 34 heavy (non-hydrogen) atoms. The van der Waals surface area contributed by atoms with Gasteiger partial charge in [0, 0.05) is 62.8 Å². The summed E-state index contributed by atoms with van der Waals surface area (Å²) in [6, 6.07) is 5.42. The second-order valence-electron chi connectivity index (χ2n) is 8.70. The normalized spacial score (nSPS) is 20.5. The van der Waals surface area contributed by atoms with E-state index in [4.69, 9.17) is 16.2 Å². The van der Waals surface area contributed by atoms with Gasteiger partial charge in [-0.15, -0.1) is 0 Å². The third-order valence-electron chi connectivity index (χ3n) is 5.99. The maximum atomic E-state index is 13.1. The fourth-order valence-corrected chi connectivity index (χ4v) is 4.25. The molecule has 11 nitrogen and oxygen atoms in total. The van der Waals surface area contributed by atoms with Gasteiger partial charge in [-0.3, -0.25) is 14.5 Å². The zero-order valence-corrected chi connectivity index (χ0v) is 19.0. The zero-order chi connectivity index (χ0) is 24.3. The average molecular weight is 468 g/mol. The lowest BCUT2D eigenvalue weighted by atomic mass is 9.99. The molecule has 11 heteroatoms. The van der Waals surface area contributed by atoms with Gasteiger partial charge in [0.05, 0.1) is 30.1 Å². The van der Waals surface area contributed by atoms with E-state index < -0.39 is 11.5 Å². The van der Waals surface area contributed by atoms with E-state index >= 15 is 0 Å². The molecule has 0 bridgehead atoms. The van der Waals surface area contributed by atoms with Crippen LogP contribution in [0.1, 0.15) is 18.3 Å². The van der Waals surface area contributed by atoms with Gasteiger partial charge < -0.3 is 31.5 Å². The minimum atomic E-state index is -0.720. The molecule has 2 aliphatic rings. The molecule has 1 atom stereocenters. The Labute approximate surface area is 197 Å². The summed E-state index contributed by atoms with van der Waals surface area (Å²) in [5, 5.41) is 12.7. The molecule has 1 fully saturated rings. The van der Waals surface area contributed by atoms with Crippen LogP contribution >= 0.6 is 0 Å². The molecule has 0 spiro atoms. The largest absolute Gasteiger partial charge is 0.484 e. The maximum absolute atomic E-state index is 13.1. The molecule has 6 N–H and O–H groups in total. The van der Waals surface area contributed by atoms with Crippen LogP contribution in [0.25, 0.3) is 5.57 Å². The van der Waals surface area contributed by atoms with Crippen LogP contribution in [-0.2, 0) is 16.0 Å². The predicted molar refractivity (Wildman–Crippen MR) is 127 cm³/mol. The Kier molecular flexibility index (Phi) is 6.66. The number of primary amides is 1. The molecule has 1 aromatic heterocycles. The standard InChI is InChI=1S/C23H29N7O4/c1-23(14-31)11-15-9-17(28-22(33)16(12-24)21-26-3-2-4-27-21)18(10-19(15)34-23)30-7-5-29(6-8-30)13-20(25)32/h2-4,9-10,12,31H,5-8,11,13-14,24H2,1H3,(H2,25,32)(H,28,33)/b16-12+/t23-/m1/s1. The predicted octanol–water partition coefficient (Wildman–Crippen LogP) is -0.292. The highest BCUT2D eigenvalue weighted by Crippen LogP contribution is 2.42. The average Bonchev–Trinajstić information content (AvgIpc) is 3.16. The number of nitrogens with zero attached hydrogens (tertiary/aromatic N) is 4. The summed E-state index contributed by atoms with van der Waals surface area (Å²) in [4.78, 5) is 36.8. The van der Waals surface area contributed by atoms with Crippen LogP contribution in [0, 0.1) is 0 Å². The van der Waals surface area contributed by atoms with Gasteiger partial charge in [-0.25, -0.2) is 9.97 Å². The number of nitrogens with one attached hydrogen (secondary N) is 1. The van der Waals surface area contributed by atoms with Crippen molar-refractivity contribution < 1.29 is 19.4 Å². The number of aliphatic hydroxyl groups is 1. The fourth-order valence-electron chi connectivity index (χ4n) is 4.25. The molecule has 0 aliphatic carbocycles. The first kappa shape index (κ1) is 23.5. The van der Waals surface area contributed by atoms with E-state index in [1.807, 2.05) is 24.0 Å². The van der Waals surface area contributed by atoms with Crippen molar-refractivity contribution in [1.29, 1.82) is 0 Å². The van der Waals surface area contributed by atoms with E-state index in [9.17, 15) is 14.7 Å². The molecule has 1 saturated heterocycles. The van der Waals surface area contributed by atoms with Gasteiger partial charge in [-0.05, 0) is 19.1 Å². The molecule has 0 radical (unpaired) electrons. The van der Waals surface area contributed by atoms with E-state index in [1.54, 1.807) is 18.5 Å². The Morgan fingerprint density at radius 3 is 2.56 bits per heavy atom. The molecule has 0 unspecified atom stereocenters. The van der Waals surface area contributed by atoms with Gasteiger partial charge in [-0.1, -0.05) is 0 Å². The summed E-state index contributed by atoms with van der Waals surface area (Å²) in [5.41, 5.74) is 12.7. The van der Waals surface area contributed by atoms with E-state index in [1.165, 1.54) is 6.20 Å². The van der Waals surface area contributed by atoms with Gasteiger partial charge in [-0.2, -0.15) is 0 Å². The topological polar surface area (TPSA) is 160 Å². The SMILES string of the molecule is C[C@]1(CO)Cc2cc(NC(=O)/C(=C/N)c3ncccn3)c(N3CCN(CC(N)=O)CC3)cc2O1. The molecule has 0 saturated carbocycles. The van der Waals surface area contributed by atoms with Gasteiger partial charge in [0.2, 0.25) is 5.91 Å². The van der Waals surface area contributed by atoms with Gasteiger partial charge in [0.15, 0.2) is 5.82 Å². The number of hydrogen-bond donors (Lipinski definition) is 4. The zero-order valence-electron chi connectivity index (χ0n) is 19.0. The van der Waals surface area contributed by atoms with Crippen LogP contribution in [0.4, 0.5) is 11.4 Å². The molecular formula is C23H29N7O4. The first-order valence-corrected chi connectivity index (χ1v) is 11.0. The lowest BCUT2D eigenvalue weighted by Crippen LogP contribution is -2.49. The maximum Gasteiger partial charge on any atom is 0.261 e. The van der Waals surface area contributed by atoms with Crippen molar-refractivity contribution in [1.82, 2.24) is 14.9 Å². The number of hydrogen-bond acceptors (Lipinski definition) is 9. The molecule has 1 aromatic carbocycles. The highest BCUT2D eigenvalue weighted by molar-refractivity contribution is 6.24. The van der Waals surface area contributed by atoms with Crippen molar-refractivity contribution in [3.63, 3.8) is 0 Å². The second kappa shape index (κ2) is 9.65. The Bertz CT molecular complexity index is 1100. The fraction of sp³-hybridized carbons (Fsp3) is 0.391. The van der Waals surface area contributed by atoms with Crippen molar-refractivity contribution in [2.45, 2.75) is 18.9 Å². The van der Waals surface area contributed by atoms with E-state index in [-0.39, 0.29) is 30.5 Å². The minimum Gasteiger partial charge on any atom is -0.484 e. The van der Waals surface area contributed by atoms with Crippen LogP contribution < -0.4 is 26.4 Å². The van der Waals surface area contributed by atoms with Crippen molar-refractivity contribution in [2.24, 2.45) is 11.5 Å². The molecule has 2 aromatic rings. The third kappa shape index (κ3) is 4.95. The number of ether oxygens (including phenoxy) is 1. The summed E-state index contributed by atoms with van der Waals surface area (Å²) in [6.45, 7) is 4.48. The number of nitrogens with two attached hydrogens (primary N) is 2. The third-order valence-corrected chi connectivity index (χ3v) is 5.99. The van der Waals surface area contributed by atoms with Gasteiger partial charge >= 0.3 is 0 Å². The number of rotatable bonds is 7. The number of fused-ring (bicyclic) bond motifs is 1. The summed E-state index contributed by atoms with van der Waals surface area (Å²) in [5.74, 6) is 0.0949. The number of amides is 2. The van der Waals surface area contributed by atoms with Crippen molar-refractivity contribution in [3.05, 3.63) is 48.2 Å². The summed E-state index contributed by atoms with van der Waals surface area (Å²) >= 11 is 0. The number of aliphatic hydroxyl groups excluding tert-OH is 1. The highest BCUT2D eigenvalue weighted by Gasteiger charge is 2.36. The first-order chi connectivity index (χ1) is 16.3. The Hall–Kier alpha value is -3.70. The molecular weight excluding hydrogens is 438 g/mol. The minimum absolute atomic E-state index is 0.129. The van der Waals surface area contributed by atoms with Crippen LogP contribution in [0.5, 0.6) is 5.75 Å². The number of benzene rings is 1. The second-order valence-corrected chi connectivity index (χ2v) is 8.70. The molecule has 2 aliphatic heterocycles. The first-order valence-electron chi connectivity index (χ1n) is 11.0. The number of aromatic nitrogens is 2. The van der Waals surface area contributed by atoms with Crippen molar-refractivity contribution in [2.75, 3.05) is 49.5 Å². The smallest absolute Gasteiger partial charge is 0.261 e. The highest BCUT2D eigenvalue weighted by atomic mass is 16.5. The number of carbonyl (C=O) groups is 2. The number of carbonyl (C=O) groups excluding carboxylic acids is 2. The Morgan fingerprint density at radius 1 is 1.24 bits per heavy atom. The van der Waals surface area contributed by atoms with E-state index in [0.717, 1.165) is 11.3 Å². The van der Waals surface area contributed by atoms with Crippen LogP contribution in [-0.4, -0.2) is 76.7 Å². The molecule has 2 amide bonds. The van der Waals surface area contributed by atoms with Crippen LogP contribution in [0.3, 0.4) is 0 Å². The summed E-state index contributed by atoms with van der Waals surface area (Å²) in [7, 11) is 0. The van der Waals surface area contributed by atoms with Crippen molar-refractivity contribution >= 4 is 28.8 Å². The van der Waals surface area contributed by atoms with Gasteiger partial charge in [0.1, 0.15) is 11.4 Å². The summed E-state index contributed by atoms with van der Waals surface area (Å²) < 4.78 is 6.03.